The third-order valence-electron chi connectivity index (χ3n) is 5.40. The molecule has 0 spiro atoms. The second kappa shape index (κ2) is 7.78. The second-order valence-electron chi connectivity index (χ2n) is 7.66. The number of aromatic nitrogens is 2. The third kappa shape index (κ3) is 3.71. The van der Waals surface area contributed by atoms with Crippen molar-refractivity contribution in [1.82, 2.24) is 9.55 Å². The minimum absolute atomic E-state index is 0.110. The highest BCUT2D eigenvalue weighted by Crippen LogP contribution is 2.37. The highest BCUT2D eigenvalue weighted by molar-refractivity contribution is 8.00. The van der Waals surface area contributed by atoms with Crippen molar-refractivity contribution in [2.24, 2.45) is 11.7 Å². The summed E-state index contributed by atoms with van der Waals surface area (Å²) < 4.78 is 1.57. The summed E-state index contributed by atoms with van der Waals surface area (Å²) in [5, 5.41) is 1.22. The van der Waals surface area contributed by atoms with Gasteiger partial charge in [0.15, 0.2) is 5.16 Å². The Hall–Kier alpha value is -1.83. The molecule has 4 rings (SSSR count). The van der Waals surface area contributed by atoms with Crippen molar-refractivity contribution in [1.29, 1.82) is 0 Å². The molecule has 2 heterocycles. The number of hydrogen-bond acceptors (Lipinski definition) is 5. The van der Waals surface area contributed by atoms with Crippen LogP contribution >= 0.6 is 34.7 Å². The molecule has 0 saturated carbocycles. The summed E-state index contributed by atoms with van der Waals surface area (Å²) in [5.74, 6) is 0.162. The van der Waals surface area contributed by atoms with Gasteiger partial charge in [-0.15, -0.1) is 11.3 Å². The molecule has 0 saturated heterocycles. The average molecular weight is 448 g/mol. The fraction of sp³-hybridized carbons (Fsp3) is 0.381. The van der Waals surface area contributed by atoms with Gasteiger partial charge in [-0.3, -0.25) is 14.2 Å². The first-order valence-corrected chi connectivity index (χ1v) is 11.6. The fourth-order valence-corrected chi connectivity index (χ4v) is 6.09. The van der Waals surface area contributed by atoms with Gasteiger partial charge in [-0.1, -0.05) is 36.4 Å². The number of thioether (sulfide) groups is 1. The van der Waals surface area contributed by atoms with Crippen molar-refractivity contribution < 1.29 is 4.79 Å². The average Bonchev–Trinajstić information content (AvgIpc) is 3.01. The van der Waals surface area contributed by atoms with Crippen LogP contribution in [-0.2, 0) is 17.6 Å². The van der Waals surface area contributed by atoms with Crippen LogP contribution in [0, 0.1) is 12.8 Å². The Labute approximate surface area is 182 Å². The minimum Gasteiger partial charge on any atom is -0.369 e. The highest BCUT2D eigenvalue weighted by atomic mass is 35.5. The van der Waals surface area contributed by atoms with E-state index < -0.39 is 11.2 Å². The molecular formula is C21H22ClN3O2S2. The van der Waals surface area contributed by atoms with E-state index >= 15 is 0 Å². The Morgan fingerprint density at radius 1 is 1.45 bits per heavy atom. The quantitative estimate of drug-likeness (QED) is 0.471. The lowest BCUT2D eigenvalue weighted by Crippen LogP contribution is -2.26. The van der Waals surface area contributed by atoms with Crippen molar-refractivity contribution in [2.45, 2.75) is 50.4 Å². The molecule has 0 fully saturated rings. The van der Waals surface area contributed by atoms with Crippen LogP contribution in [0.25, 0.3) is 15.9 Å². The SMILES string of the molecule is Cc1ccc(-n2c(S[C@@H](C)C(N)=O)nc3sc4c(c3c2=O)CC[C@@H](C)C4)cc1Cl. The normalized spacial score (nSPS) is 17.3. The lowest BCUT2D eigenvalue weighted by atomic mass is 9.89. The summed E-state index contributed by atoms with van der Waals surface area (Å²) in [6.45, 7) is 5.87. The van der Waals surface area contributed by atoms with Crippen LogP contribution in [0.15, 0.2) is 28.2 Å². The summed E-state index contributed by atoms with van der Waals surface area (Å²) in [7, 11) is 0. The number of carbonyl (C=O) groups excluding carboxylic acids is 1. The molecular weight excluding hydrogens is 426 g/mol. The van der Waals surface area contributed by atoms with Gasteiger partial charge in [0.25, 0.3) is 5.56 Å². The maximum absolute atomic E-state index is 13.7. The van der Waals surface area contributed by atoms with Crippen molar-refractivity contribution in [3.8, 4) is 5.69 Å². The first kappa shape index (κ1) is 20.4. The number of halogens is 1. The van der Waals surface area contributed by atoms with E-state index in [2.05, 4.69) is 6.92 Å². The van der Waals surface area contributed by atoms with E-state index in [0.29, 0.717) is 27.2 Å². The predicted octanol–water partition coefficient (Wildman–Crippen LogP) is 4.50. The number of amides is 1. The van der Waals surface area contributed by atoms with Crippen LogP contribution in [0.3, 0.4) is 0 Å². The predicted molar refractivity (Wildman–Crippen MR) is 121 cm³/mol. The number of rotatable bonds is 4. The van der Waals surface area contributed by atoms with Gasteiger partial charge in [0, 0.05) is 9.90 Å². The molecule has 0 unspecified atom stereocenters. The van der Waals surface area contributed by atoms with Gasteiger partial charge in [-0.2, -0.15) is 0 Å². The number of nitrogens with two attached hydrogens (primary N) is 1. The number of nitrogens with zero attached hydrogens (tertiary/aromatic N) is 2. The molecule has 2 N–H and O–H groups in total. The topological polar surface area (TPSA) is 78.0 Å². The monoisotopic (exact) mass is 447 g/mol. The molecule has 8 heteroatoms. The summed E-state index contributed by atoms with van der Waals surface area (Å²) in [5.41, 5.74) is 8.06. The summed E-state index contributed by atoms with van der Waals surface area (Å²) in [4.78, 5) is 32.1. The maximum Gasteiger partial charge on any atom is 0.267 e. The maximum atomic E-state index is 13.7. The van der Waals surface area contributed by atoms with Crippen LogP contribution < -0.4 is 11.3 Å². The molecule has 1 amide bonds. The van der Waals surface area contributed by atoms with Gasteiger partial charge < -0.3 is 5.73 Å². The fourth-order valence-electron chi connectivity index (χ4n) is 3.62. The molecule has 5 nitrogen and oxygen atoms in total. The summed E-state index contributed by atoms with van der Waals surface area (Å²) in [6.07, 6.45) is 2.95. The molecule has 1 aliphatic carbocycles. The van der Waals surface area contributed by atoms with E-state index in [9.17, 15) is 9.59 Å². The van der Waals surface area contributed by atoms with E-state index in [1.54, 1.807) is 28.9 Å². The smallest absolute Gasteiger partial charge is 0.267 e. The van der Waals surface area contributed by atoms with Crippen molar-refractivity contribution in [3.05, 3.63) is 49.6 Å². The Bertz CT molecular complexity index is 1180. The Balaban J connectivity index is 1.99. The Morgan fingerprint density at radius 3 is 2.90 bits per heavy atom. The van der Waals surface area contributed by atoms with Crippen LogP contribution in [0.2, 0.25) is 5.02 Å². The number of carbonyl (C=O) groups is 1. The Morgan fingerprint density at radius 2 is 2.21 bits per heavy atom. The number of aryl methyl sites for hydroxylation is 2. The number of fused-ring (bicyclic) bond motifs is 3. The van der Waals surface area contributed by atoms with Crippen LogP contribution in [0.1, 0.15) is 36.3 Å². The van der Waals surface area contributed by atoms with Gasteiger partial charge in [-0.05, 0) is 62.3 Å². The van der Waals surface area contributed by atoms with E-state index in [1.807, 2.05) is 19.1 Å². The zero-order chi connectivity index (χ0) is 20.9. The molecule has 29 heavy (non-hydrogen) atoms. The molecule has 3 aromatic rings. The molecule has 0 bridgehead atoms. The number of benzene rings is 1. The third-order valence-corrected chi connectivity index (χ3v) is 8.02. The Kier molecular flexibility index (Phi) is 5.48. The lowest BCUT2D eigenvalue weighted by molar-refractivity contribution is -0.117. The number of primary amides is 1. The van der Waals surface area contributed by atoms with E-state index in [4.69, 9.17) is 22.3 Å². The summed E-state index contributed by atoms with van der Waals surface area (Å²) >= 11 is 9.13. The van der Waals surface area contributed by atoms with E-state index in [0.717, 1.165) is 35.2 Å². The van der Waals surface area contributed by atoms with Gasteiger partial charge in [0.2, 0.25) is 5.91 Å². The lowest BCUT2D eigenvalue weighted by Gasteiger charge is -2.18. The largest absolute Gasteiger partial charge is 0.369 e. The van der Waals surface area contributed by atoms with Gasteiger partial charge in [0.05, 0.1) is 16.3 Å². The van der Waals surface area contributed by atoms with Gasteiger partial charge in [-0.25, -0.2) is 4.98 Å². The first-order chi connectivity index (χ1) is 13.8. The molecule has 152 valence electrons. The van der Waals surface area contributed by atoms with Gasteiger partial charge >= 0.3 is 0 Å². The minimum atomic E-state index is -0.513. The van der Waals surface area contributed by atoms with Gasteiger partial charge in [0.1, 0.15) is 4.83 Å². The summed E-state index contributed by atoms with van der Waals surface area (Å²) in [6, 6.07) is 5.51. The molecule has 0 radical (unpaired) electrons. The molecule has 1 aromatic carbocycles. The van der Waals surface area contributed by atoms with E-state index in [-0.39, 0.29) is 5.56 Å². The molecule has 1 aliphatic rings. The zero-order valence-electron chi connectivity index (χ0n) is 16.5. The number of thiophene rings is 1. The highest BCUT2D eigenvalue weighted by Gasteiger charge is 2.26. The van der Waals surface area contributed by atoms with Crippen LogP contribution in [-0.4, -0.2) is 20.7 Å². The molecule has 2 aromatic heterocycles. The van der Waals surface area contributed by atoms with Crippen LogP contribution in [0.5, 0.6) is 0 Å². The number of hydrogen-bond donors (Lipinski definition) is 1. The zero-order valence-corrected chi connectivity index (χ0v) is 18.9. The van der Waals surface area contributed by atoms with Crippen molar-refractivity contribution >= 4 is 50.8 Å². The van der Waals surface area contributed by atoms with Crippen molar-refractivity contribution in [2.75, 3.05) is 0 Å². The second-order valence-corrected chi connectivity index (χ2v) is 10.5. The van der Waals surface area contributed by atoms with E-state index in [1.165, 1.54) is 16.6 Å². The molecule has 0 aliphatic heterocycles. The molecule has 2 atom stereocenters. The first-order valence-electron chi connectivity index (χ1n) is 9.56. The van der Waals surface area contributed by atoms with Crippen molar-refractivity contribution in [3.63, 3.8) is 0 Å². The van der Waals surface area contributed by atoms with Crippen LogP contribution in [0.4, 0.5) is 0 Å². The standard InChI is InChI=1S/C21H22ClN3O2S2/c1-10-4-7-14-16(8-10)29-19-17(14)20(27)25(13-6-5-11(2)15(22)9-13)21(24-19)28-12(3)18(23)26/h5-6,9-10,12H,4,7-8H2,1-3H3,(H2,23,26)/t10-,12+/m1/s1.